The topological polar surface area (TPSA) is 98.9 Å². The van der Waals surface area contributed by atoms with Gasteiger partial charge in [-0.05, 0) is 36.6 Å². The number of aromatic nitrogens is 1. The summed E-state index contributed by atoms with van der Waals surface area (Å²) in [4.78, 5) is 24.3. The smallest absolute Gasteiger partial charge is 0.250 e. The third-order valence-electron chi connectivity index (χ3n) is 4.97. The predicted molar refractivity (Wildman–Crippen MR) is 105 cm³/mol. The van der Waals surface area contributed by atoms with Gasteiger partial charge in [0.1, 0.15) is 12.1 Å². The van der Waals surface area contributed by atoms with Gasteiger partial charge in [-0.25, -0.2) is 0 Å². The molecule has 3 atom stereocenters. The molecule has 1 aliphatic heterocycles. The SMILES string of the molecule is C[C@@H](CN[C@H](C)[C@@H]1Nc2c(C#N)cccc2NC1=O)c1ccn(C)c(=O)c1. The van der Waals surface area contributed by atoms with Crippen molar-refractivity contribution in [2.45, 2.75) is 31.8 Å². The maximum Gasteiger partial charge on any atom is 0.250 e. The van der Waals surface area contributed by atoms with Gasteiger partial charge in [-0.1, -0.05) is 13.0 Å². The Morgan fingerprint density at radius 2 is 2.07 bits per heavy atom. The molecule has 2 heterocycles. The van der Waals surface area contributed by atoms with E-state index in [4.69, 9.17) is 0 Å². The Morgan fingerprint density at radius 1 is 1.30 bits per heavy atom. The van der Waals surface area contributed by atoms with Gasteiger partial charge in [0, 0.05) is 31.9 Å². The molecule has 2 aromatic rings. The van der Waals surface area contributed by atoms with E-state index in [1.807, 2.05) is 19.9 Å². The van der Waals surface area contributed by atoms with Crippen LogP contribution in [0.2, 0.25) is 0 Å². The van der Waals surface area contributed by atoms with E-state index in [0.29, 0.717) is 23.5 Å². The van der Waals surface area contributed by atoms with E-state index in [0.717, 1.165) is 5.56 Å². The molecule has 0 saturated heterocycles. The number of fused-ring (bicyclic) bond motifs is 1. The van der Waals surface area contributed by atoms with Gasteiger partial charge in [-0.15, -0.1) is 0 Å². The standard InChI is InChI=1S/C20H23N5O2/c1-12(14-7-8-25(3)17(26)9-14)11-22-13(2)18-20(27)23-16-6-4-5-15(10-21)19(16)24-18/h4-9,12-13,18,22,24H,11H2,1-3H3,(H,23,27)/t12-,13+,18-/m0/s1. The van der Waals surface area contributed by atoms with E-state index >= 15 is 0 Å². The van der Waals surface area contributed by atoms with Crippen molar-refractivity contribution in [1.82, 2.24) is 9.88 Å². The Labute approximate surface area is 158 Å². The lowest BCUT2D eigenvalue weighted by Gasteiger charge is -2.32. The first-order valence-electron chi connectivity index (χ1n) is 8.91. The Kier molecular flexibility index (Phi) is 5.28. The van der Waals surface area contributed by atoms with E-state index < -0.39 is 6.04 Å². The molecule has 3 N–H and O–H groups in total. The first-order chi connectivity index (χ1) is 12.9. The molecule has 0 saturated carbocycles. The second kappa shape index (κ2) is 7.64. The van der Waals surface area contributed by atoms with E-state index in [2.05, 4.69) is 22.0 Å². The van der Waals surface area contributed by atoms with Crippen LogP contribution in [0.15, 0.2) is 41.3 Å². The highest BCUT2D eigenvalue weighted by atomic mass is 16.2. The molecule has 27 heavy (non-hydrogen) atoms. The van der Waals surface area contributed by atoms with Crippen LogP contribution in [0, 0.1) is 11.3 Å². The summed E-state index contributed by atoms with van der Waals surface area (Å²) in [6, 6.07) is 10.3. The van der Waals surface area contributed by atoms with Crippen molar-refractivity contribution in [2.75, 3.05) is 17.2 Å². The fourth-order valence-corrected chi connectivity index (χ4v) is 3.16. The van der Waals surface area contributed by atoms with Crippen LogP contribution in [0.3, 0.4) is 0 Å². The number of anilines is 2. The molecule has 140 valence electrons. The number of nitrogens with zero attached hydrogens (tertiary/aromatic N) is 2. The zero-order valence-corrected chi connectivity index (χ0v) is 15.6. The number of aryl methyl sites for hydroxylation is 1. The fourth-order valence-electron chi connectivity index (χ4n) is 3.16. The van der Waals surface area contributed by atoms with Gasteiger partial charge >= 0.3 is 0 Å². The third-order valence-corrected chi connectivity index (χ3v) is 4.97. The normalized spacial score (nSPS) is 17.9. The number of carbonyl (C=O) groups is 1. The molecule has 0 spiro atoms. The minimum Gasteiger partial charge on any atom is -0.370 e. The van der Waals surface area contributed by atoms with Crippen molar-refractivity contribution in [1.29, 1.82) is 5.26 Å². The summed E-state index contributed by atoms with van der Waals surface area (Å²) in [5.41, 5.74) is 2.68. The van der Waals surface area contributed by atoms with Crippen LogP contribution in [-0.2, 0) is 11.8 Å². The number of hydrogen-bond acceptors (Lipinski definition) is 5. The van der Waals surface area contributed by atoms with Gasteiger partial charge in [0.25, 0.3) is 5.56 Å². The molecule has 0 unspecified atom stereocenters. The molecule has 1 aliphatic rings. The summed E-state index contributed by atoms with van der Waals surface area (Å²) in [5.74, 6) is -0.0196. The monoisotopic (exact) mass is 365 g/mol. The molecule has 0 fully saturated rings. The summed E-state index contributed by atoms with van der Waals surface area (Å²) < 4.78 is 1.53. The maximum absolute atomic E-state index is 12.5. The van der Waals surface area contributed by atoms with Crippen LogP contribution in [0.1, 0.15) is 30.9 Å². The second-order valence-electron chi connectivity index (χ2n) is 6.96. The first kappa shape index (κ1) is 18.7. The predicted octanol–water partition coefficient (Wildman–Crippen LogP) is 1.77. The lowest BCUT2D eigenvalue weighted by molar-refractivity contribution is -0.117. The zero-order valence-electron chi connectivity index (χ0n) is 15.6. The lowest BCUT2D eigenvalue weighted by Crippen LogP contribution is -2.52. The summed E-state index contributed by atoms with van der Waals surface area (Å²) in [5, 5.41) is 18.7. The molecule has 1 aromatic carbocycles. The Balaban J connectivity index is 1.68. The fraction of sp³-hybridized carbons (Fsp3) is 0.350. The number of nitrogens with one attached hydrogen (secondary N) is 3. The van der Waals surface area contributed by atoms with Crippen molar-refractivity contribution >= 4 is 17.3 Å². The molecule has 7 heteroatoms. The minimum absolute atomic E-state index is 0.0404. The molecule has 0 aliphatic carbocycles. The average molecular weight is 365 g/mol. The van der Waals surface area contributed by atoms with Crippen molar-refractivity contribution in [3.63, 3.8) is 0 Å². The van der Waals surface area contributed by atoms with Gasteiger partial charge < -0.3 is 20.5 Å². The van der Waals surface area contributed by atoms with Crippen molar-refractivity contribution < 1.29 is 4.79 Å². The van der Waals surface area contributed by atoms with Gasteiger partial charge in [0.15, 0.2) is 0 Å². The van der Waals surface area contributed by atoms with E-state index in [-0.39, 0.29) is 23.4 Å². The van der Waals surface area contributed by atoms with Crippen LogP contribution < -0.4 is 21.5 Å². The van der Waals surface area contributed by atoms with Gasteiger partial charge in [0.05, 0.1) is 16.9 Å². The molecule has 1 aromatic heterocycles. The Morgan fingerprint density at radius 3 is 2.78 bits per heavy atom. The first-order valence-corrected chi connectivity index (χ1v) is 8.91. The molecule has 7 nitrogen and oxygen atoms in total. The Bertz CT molecular complexity index is 960. The number of rotatable bonds is 5. The number of nitriles is 1. The number of para-hydroxylation sites is 1. The zero-order chi connectivity index (χ0) is 19.6. The minimum atomic E-state index is -0.497. The van der Waals surface area contributed by atoms with Crippen LogP contribution in [0.25, 0.3) is 0 Å². The average Bonchev–Trinajstić information content (AvgIpc) is 2.66. The van der Waals surface area contributed by atoms with Gasteiger partial charge in [-0.2, -0.15) is 5.26 Å². The van der Waals surface area contributed by atoms with Crippen LogP contribution in [0.5, 0.6) is 0 Å². The van der Waals surface area contributed by atoms with Crippen molar-refractivity contribution in [3.8, 4) is 6.07 Å². The number of pyridine rings is 1. The number of benzene rings is 1. The van der Waals surface area contributed by atoms with Crippen LogP contribution in [0.4, 0.5) is 11.4 Å². The van der Waals surface area contributed by atoms with E-state index in [1.54, 1.807) is 37.5 Å². The van der Waals surface area contributed by atoms with Crippen LogP contribution in [-0.4, -0.2) is 29.1 Å². The van der Waals surface area contributed by atoms with Crippen molar-refractivity contribution in [2.24, 2.45) is 7.05 Å². The Hall–Kier alpha value is -3.11. The number of carbonyl (C=O) groups excluding carboxylic acids is 1. The van der Waals surface area contributed by atoms with Gasteiger partial charge in [-0.3, -0.25) is 9.59 Å². The maximum atomic E-state index is 12.5. The molecular weight excluding hydrogens is 342 g/mol. The summed E-state index contributed by atoms with van der Waals surface area (Å²) in [6.07, 6.45) is 1.76. The second-order valence-corrected chi connectivity index (χ2v) is 6.96. The van der Waals surface area contributed by atoms with E-state index in [1.165, 1.54) is 4.57 Å². The summed E-state index contributed by atoms with van der Waals surface area (Å²) >= 11 is 0. The third kappa shape index (κ3) is 3.86. The van der Waals surface area contributed by atoms with Gasteiger partial charge in [0.2, 0.25) is 5.91 Å². The highest BCUT2D eigenvalue weighted by Crippen LogP contribution is 2.30. The molecular formula is C20H23N5O2. The van der Waals surface area contributed by atoms with Crippen molar-refractivity contribution in [3.05, 3.63) is 58.0 Å². The lowest BCUT2D eigenvalue weighted by atomic mass is 10.00. The molecule has 1 amide bonds. The largest absolute Gasteiger partial charge is 0.370 e. The molecule has 0 radical (unpaired) electrons. The molecule has 0 bridgehead atoms. The number of amides is 1. The molecule has 3 rings (SSSR count). The highest BCUT2D eigenvalue weighted by molar-refractivity contribution is 6.04. The summed E-state index contributed by atoms with van der Waals surface area (Å²) in [7, 11) is 1.72. The number of hydrogen-bond donors (Lipinski definition) is 3. The highest BCUT2D eigenvalue weighted by Gasteiger charge is 2.31. The quantitative estimate of drug-likeness (QED) is 0.750. The van der Waals surface area contributed by atoms with Crippen LogP contribution >= 0.6 is 0 Å². The van der Waals surface area contributed by atoms with E-state index in [9.17, 15) is 14.9 Å². The summed E-state index contributed by atoms with van der Waals surface area (Å²) in [6.45, 7) is 4.58.